The fourth-order valence-corrected chi connectivity index (χ4v) is 10.3. The van der Waals surface area contributed by atoms with Crippen molar-refractivity contribution < 1.29 is 0 Å². The van der Waals surface area contributed by atoms with Gasteiger partial charge in [0.15, 0.2) is 0 Å². The van der Waals surface area contributed by atoms with Crippen molar-refractivity contribution in [1.82, 2.24) is 0 Å². The summed E-state index contributed by atoms with van der Waals surface area (Å²) < 4.78 is 0. The van der Waals surface area contributed by atoms with Gasteiger partial charge in [-0.2, -0.15) is 11.1 Å². The predicted octanol–water partition coefficient (Wildman–Crippen LogP) is 6.44. The van der Waals surface area contributed by atoms with Crippen LogP contribution in [0.25, 0.3) is 10.8 Å². The van der Waals surface area contributed by atoms with Crippen LogP contribution in [-0.4, -0.2) is 7.38 Å². The number of benzene rings is 1. The average molecular weight is 341 g/mol. The van der Waals surface area contributed by atoms with E-state index in [1.165, 1.54) is 45.9 Å². The van der Waals surface area contributed by atoms with Gasteiger partial charge in [0.1, 0.15) is 0 Å². The number of hydrogen-bond donors (Lipinski definition) is 0. The molecule has 0 spiro atoms. The van der Waals surface area contributed by atoms with E-state index >= 15 is 0 Å². The minimum atomic E-state index is -1.70. The maximum absolute atomic E-state index is 7.09. The van der Waals surface area contributed by atoms with Gasteiger partial charge >= 0.3 is 0 Å². The Morgan fingerprint density at radius 2 is 1.91 bits per heavy atom. The van der Waals surface area contributed by atoms with Crippen LogP contribution in [0.4, 0.5) is 0 Å². The molecule has 0 bridgehead atoms. The molecule has 0 fully saturated rings. The largest absolute Gasteiger partial charge is 0.213 e. The standard InChI is InChI=1S/C21H25ClSi/c1-6-10-23(22)18-11-16-8-7-9-17(20(16)21(18)23)19-14(4)12(2)13(3)15(19)5/h7-9,14H,6,10-11H2,1-5H3. The van der Waals surface area contributed by atoms with E-state index in [1.807, 2.05) is 0 Å². The second-order valence-electron chi connectivity index (χ2n) is 7.49. The first-order chi connectivity index (χ1) is 10.9. The Bertz CT molecular complexity index is 824. The molecule has 1 aliphatic heterocycles. The fraction of sp³-hybridized carbons (Fsp3) is 0.429. The first-order valence-corrected chi connectivity index (χ1v) is 12.1. The molecule has 0 aromatic heterocycles. The Hall–Kier alpha value is -1.05. The minimum Gasteiger partial charge on any atom is -0.155 e. The molecular weight excluding hydrogens is 316 g/mol. The lowest BCUT2D eigenvalue weighted by atomic mass is 9.88. The Morgan fingerprint density at radius 1 is 1.17 bits per heavy atom. The summed E-state index contributed by atoms with van der Waals surface area (Å²) in [5.41, 5.74) is 10.6. The van der Waals surface area contributed by atoms with Crippen molar-refractivity contribution in [2.24, 2.45) is 5.92 Å². The Balaban J connectivity index is 1.84. The summed E-state index contributed by atoms with van der Waals surface area (Å²) in [6, 6.07) is 8.11. The molecule has 0 saturated carbocycles. The van der Waals surface area contributed by atoms with Gasteiger partial charge in [-0.25, -0.2) is 0 Å². The lowest BCUT2D eigenvalue weighted by molar-refractivity contribution is 0.894. The summed E-state index contributed by atoms with van der Waals surface area (Å²) in [5.74, 6) is 0.530. The molecule has 1 aromatic carbocycles. The topological polar surface area (TPSA) is 0 Å². The van der Waals surface area contributed by atoms with Crippen molar-refractivity contribution in [2.75, 3.05) is 0 Å². The monoisotopic (exact) mass is 340 g/mol. The van der Waals surface area contributed by atoms with Crippen LogP contribution in [0.1, 0.15) is 57.7 Å². The normalized spacial score (nSPS) is 28.7. The molecule has 2 aliphatic carbocycles. The Kier molecular flexibility index (Phi) is 3.34. The third kappa shape index (κ3) is 1.90. The molecule has 1 heterocycles. The quantitative estimate of drug-likeness (QED) is 0.438. The summed E-state index contributed by atoms with van der Waals surface area (Å²) in [4.78, 5) is 0. The van der Waals surface area contributed by atoms with Crippen molar-refractivity contribution in [2.45, 2.75) is 53.5 Å². The van der Waals surface area contributed by atoms with Crippen molar-refractivity contribution in [3.8, 4) is 0 Å². The summed E-state index contributed by atoms with van der Waals surface area (Å²) in [6.07, 6.45) is 2.33. The number of halogens is 1. The van der Waals surface area contributed by atoms with E-state index in [2.05, 4.69) is 52.8 Å². The summed E-state index contributed by atoms with van der Waals surface area (Å²) >= 11 is 7.09. The van der Waals surface area contributed by atoms with E-state index in [0.29, 0.717) is 5.92 Å². The Labute approximate surface area is 145 Å². The molecule has 0 amide bonds. The lowest BCUT2D eigenvalue weighted by Gasteiger charge is -2.21. The van der Waals surface area contributed by atoms with Crippen molar-refractivity contribution in [3.05, 3.63) is 56.8 Å². The van der Waals surface area contributed by atoms with Crippen LogP contribution in [-0.2, 0) is 6.42 Å². The van der Waals surface area contributed by atoms with E-state index in [4.69, 9.17) is 11.1 Å². The number of fused-ring (bicyclic) bond motifs is 2. The van der Waals surface area contributed by atoms with E-state index in [9.17, 15) is 0 Å². The van der Waals surface area contributed by atoms with E-state index in [1.54, 1.807) is 16.0 Å². The van der Waals surface area contributed by atoms with Gasteiger partial charge in [-0.3, -0.25) is 0 Å². The fourth-order valence-electron chi connectivity index (χ4n) is 4.81. The molecule has 2 heteroatoms. The van der Waals surface area contributed by atoms with Gasteiger partial charge in [0.2, 0.25) is 7.38 Å². The average Bonchev–Trinajstić information content (AvgIpc) is 2.83. The smallest absolute Gasteiger partial charge is 0.155 e. The Morgan fingerprint density at radius 3 is 2.52 bits per heavy atom. The molecule has 120 valence electrons. The second kappa shape index (κ2) is 4.97. The third-order valence-corrected chi connectivity index (χ3v) is 11.9. The van der Waals surface area contributed by atoms with E-state index in [0.717, 1.165) is 6.42 Å². The molecule has 2 atom stereocenters. The zero-order valence-corrected chi connectivity index (χ0v) is 16.6. The van der Waals surface area contributed by atoms with Crippen molar-refractivity contribution in [1.29, 1.82) is 0 Å². The summed E-state index contributed by atoms with van der Waals surface area (Å²) in [5, 5.41) is 3.23. The van der Waals surface area contributed by atoms with Crippen LogP contribution >= 0.6 is 11.1 Å². The number of rotatable bonds is 3. The van der Waals surface area contributed by atoms with Crippen LogP contribution in [0, 0.1) is 5.92 Å². The molecule has 0 radical (unpaired) electrons. The van der Waals surface area contributed by atoms with Crippen LogP contribution in [0.5, 0.6) is 0 Å². The summed E-state index contributed by atoms with van der Waals surface area (Å²) in [6.45, 7) is 11.5. The first-order valence-electron chi connectivity index (χ1n) is 8.86. The minimum absolute atomic E-state index is 0.530. The highest BCUT2D eigenvalue weighted by molar-refractivity contribution is 7.42. The molecule has 0 saturated heterocycles. The molecule has 4 rings (SSSR count). The molecule has 2 unspecified atom stereocenters. The molecule has 1 aromatic rings. The van der Waals surface area contributed by atoms with Crippen LogP contribution < -0.4 is 0 Å². The molecule has 3 aliphatic rings. The zero-order chi connectivity index (χ0) is 16.5. The zero-order valence-electron chi connectivity index (χ0n) is 14.8. The van der Waals surface area contributed by atoms with Gasteiger partial charge in [-0.05, 0) is 71.8 Å². The lowest BCUT2D eigenvalue weighted by Crippen LogP contribution is -2.18. The summed E-state index contributed by atoms with van der Waals surface area (Å²) in [7, 11) is -1.70. The third-order valence-electron chi connectivity index (χ3n) is 6.41. The van der Waals surface area contributed by atoms with Crippen LogP contribution in [0.2, 0.25) is 6.04 Å². The molecule has 0 N–H and O–H groups in total. The molecular formula is C21H25ClSi. The van der Waals surface area contributed by atoms with Gasteiger partial charge in [0.05, 0.1) is 0 Å². The van der Waals surface area contributed by atoms with Crippen molar-refractivity contribution >= 4 is 29.2 Å². The van der Waals surface area contributed by atoms with Gasteiger partial charge in [-0.1, -0.05) is 49.2 Å². The van der Waals surface area contributed by atoms with Gasteiger partial charge in [0.25, 0.3) is 0 Å². The first kappa shape index (κ1) is 15.5. The van der Waals surface area contributed by atoms with Crippen LogP contribution in [0.15, 0.2) is 40.1 Å². The number of allylic oxidation sites excluding steroid dienone is 5. The highest BCUT2D eigenvalue weighted by Crippen LogP contribution is 2.62. The second-order valence-corrected chi connectivity index (χ2v) is 12.6. The molecule has 23 heavy (non-hydrogen) atoms. The highest BCUT2D eigenvalue weighted by atomic mass is 35.6. The maximum atomic E-state index is 7.09. The van der Waals surface area contributed by atoms with Crippen molar-refractivity contribution in [3.63, 3.8) is 0 Å². The molecule has 0 nitrogen and oxygen atoms in total. The van der Waals surface area contributed by atoms with Gasteiger partial charge in [0, 0.05) is 5.92 Å². The van der Waals surface area contributed by atoms with E-state index < -0.39 is 7.38 Å². The number of hydrogen-bond acceptors (Lipinski definition) is 0. The highest BCUT2D eigenvalue weighted by Gasteiger charge is 2.58. The SMILES string of the molecule is CCC[Si]1(Cl)C2=C1c1c(cccc1C1=C(C)C(C)=C(C)C1C)C2. The van der Waals surface area contributed by atoms with Gasteiger partial charge in [-0.15, -0.1) is 0 Å². The van der Waals surface area contributed by atoms with Crippen LogP contribution in [0.3, 0.4) is 0 Å². The van der Waals surface area contributed by atoms with Gasteiger partial charge < -0.3 is 0 Å². The predicted molar refractivity (Wildman–Crippen MR) is 104 cm³/mol. The maximum Gasteiger partial charge on any atom is 0.213 e. The van der Waals surface area contributed by atoms with E-state index in [-0.39, 0.29) is 0 Å².